The van der Waals surface area contributed by atoms with Crippen molar-refractivity contribution >= 4 is 0 Å². The van der Waals surface area contributed by atoms with Gasteiger partial charge in [-0.05, 0) is 73.2 Å². The molecular weight excluding hydrogens is 480 g/mol. The normalized spacial score (nSPS) is 11.5. The van der Waals surface area contributed by atoms with Crippen molar-refractivity contribution in [2.45, 2.75) is 84.2 Å². The zero-order valence-corrected chi connectivity index (χ0v) is 21.7. The van der Waals surface area contributed by atoms with Crippen LogP contribution in [0, 0.1) is 11.6 Å². The molecule has 0 bridgehead atoms. The minimum atomic E-state index is -4.24. The van der Waals surface area contributed by atoms with Gasteiger partial charge in [0.05, 0.1) is 0 Å². The van der Waals surface area contributed by atoms with Crippen molar-refractivity contribution in [3.63, 3.8) is 0 Å². The van der Waals surface area contributed by atoms with Gasteiger partial charge in [-0.25, -0.2) is 8.78 Å². The highest BCUT2D eigenvalue weighted by Gasteiger charge is 2.42. The van der Waals surface area contributed by atoms with E-state index in [1.165, 1.54) is 37.8 Å². The van der Waals surface area contributed by atoms with E-state index >= 15 is 4.39 Å². The molecule has 37 heavy (non-hydrogen) atoms. The lowest BCUT2D eigenvalue weighted by Crippen LogP contribution is -2.25. The number of rotatable bonds is 15. The van der Waals surface area contributed by atoms with E-state index in [9.17, 15) is 13.2 Å². The molecule has 6 heteroatoms. The summed E-state index contributed by atoms with van der Waals surface area (Å²) < 4.78 is 69.6. The van der Waals surface area contributed by atoms with Crippen LogP contribution in [0.5, 0.6) is 17.2 Å². The largest absolute Gasteiger partial charge is 0.454 e. The standard InChI is InChI=1S/C31H36F4O2/c1-3-5-7-8-9-10-12-24-15-19-26(20-16-24)37-31(34,35)29-27(32)21-22-28(30(29)33)36-25-17-13-23(14-18-25)11-6-4-2/h13-22H,3-12H2,1-2H3. The average molecular weight is 517 g/mol. The van der Waals surface area contributed by atoms with Gasteiger partial charge >= 0.3 is 6.11 Å². The maximum atomic E-state index is 15.1. The Morgan fingerprint density at radius 3 is 1.78 bits per heavy atom. The van der Waals surface area contributed by atoms with Crippen molar-refractivity contribution in [2.24, 2.45) is 0 Å². The van der Waals surface area contributed by atoms with Crippen molar-refractivity contribution in [1.82, 2.24) is 0 Å². The minimum absolute atomic E-state index is 0.176. The maximum Gasteiger partial charge on any atom is 0.432 e. The molecule has 0 aromatic heterocycles. The SMILES string of the molecule is CCCCCCCCc1ccc(OC(F)(F)c2c(F)ccc(Oc3ccc(CCCC)cc3)c2F)cc1. The van der Waals surface area contributed by atoms with Crippen LogP contribution in [-0.2, 0) is 19.0 Å². The smallest absolute Gasteiger partial charge is 0.432 e. The van der Waals surface area contributed by atoms with E-state index in [0.717, 1.165) is 61.8 Å². The van der Waals surface area contributed by atoms with E-state index in [1.54, 1.807) is 24.3 Å². The van der Waals surface area contributed by atoms with Crippen molar-refractivity contribution in [3.8, 4) is 17.2 Å². The molecule has 0 atom stereocenters. The summed E-state index contributed by atoms with van der Waals surface area (Å²) in [6.45, 7) is 4.27. The van der Waals surface area contributed by atoms with Gasteiger partial charge in [0.1, 0.15) is 22.9 Å². The van der Waals surface area contributed by atoms with Gasteiger partial charge in [-0.1, -0.05) is 76.6 Å². The molecule has 0 saturated heterocycles. The quantitative estimate of drug-likeness (QED) is 0.148. The van der Waals surface area contributed by atoms with Gasteiger partial charge in [-0.15, -0.1) is 0 Å². The number of benzene rings is 3. The van der Waals surface area contributed by atoms with Gasteiger partial charge in [0.25, 0.3) is 0 Å². The van der Waals surface area contributed by atoms with Crippen LogP contribution in [0.2, 0.25) is 0 Å². The fourth-order valence-corrected chi connectivity index (χ4v) is 4.14. The fourth-order valence-electron chi connectivity index (χ4n) is 4.14. The lowest BCUT2D eigenvalue weighted by atomic mass is 10.0. The monoisotopic (exact) mass is 516 g/mol. The molecule has 3 rings (SSSR count). The molecule has 0 unspecified atom stereocenters. The number of aryl methyl sites for hydroxylation is 2. The van der Waals surface area contributed by atoms with Crippen LogP contribution in [0.4, 0.5) is 17.6 Å². The molecule has 0 N–H and O–H groups in total. The summed E-state index contributed by atoms with van der Waals surface area (Å²) in [5.74, 6) is -3.33. The van der Waals surface area contributed by atoms with Crippen LogP contribution in [0.1, 0.15) is 81.9 Å². The van der Waals surface area contributed by atoms with Gasteiger partial charge in [0.2, 0.25) is 0 Å². The van der Waals surface area contributed by atoms with Crippen LogP contribution >= 0.6 is 0 Å². The highest BCUT2D eigenvalue weighted by Crippen LogP contribution is 2.39. The Bertz CT molecular complexity index is 1100. The second kappa shape index (κ2) is 14.1. The van der Waals surface area contributed by atoms with Gasteiger partial charge in [-0.2, -0.15) is 8.78 Å². The third-order valence-electron chi connectivity index (χ3n) is 6.31. The highest BCUT2D eigenvalue weighted by atomic mass is 19.3. The van der Waals surface area contributed by atoms with E-state index in [4.69, 9.17) is 9.47 Å². The lowest BCUT2D eigenvalue weighted by Gasteiger charge is -2.20. The summed E-state index contributed by atoms with van der Waals surface area (Å²) in [6, 6.07) is 14.9. The van der Waals surface area contributed by atoms with Crippen molar-refractivity contribution < 1.29 is 27.0 Å². The molecule has 0 heterocycles. The Morgan fingerprint density at radius 2 is 1.16 bits per heavy atom. The van der Waals surface area contributed by atoms with Crippen molar-refractivity contribution in [2.75, 3.05) is 0 Å². The number of hydrogen-bond acceptors (Lipinski definition) is 2. The van der Waals surface area contributed by atoms with Gasteiger partial charge in [0.15, 0.2) is 11.6 Å². The number of ether oxygens (including phenoxy) is 2. The van der Waals surface area contributed by atoms with Gasteiger partial charge in [0, 0.05) is 0 Å². The first-order chi connectivity index (χ1) is 17.8. The van der Waals surface area contributed by atoms with Crippen molar-refractivity contribution in [3.05, 3.63) is 89.0 Å². The zero-order chi connectivity index (χ0) is 26.7. The number of hydrogen-bond donors (Lipinski definition) is 0. The van der Waals surface area contributed by atoms with E-state index in [2.05, 4.69) is 13.8 Å². The van der Waals surface area contributed by atoms with Crippen LogP contribution in [0.25, 0.3) is 0 Å². The average Bonchev–Trinajstić information content (AvgIpc) is 2.88. The number of halogens is 4. The molecule has 0 radical (unpaired) electrons. The summed E-state index contributed by atoms with van der Waals surface area (Å²) >= 11 is 0. The highest BCUT2D eigenvalue weighted by molar-refractivity contribution is 5.39. The number of alkyl halides is 2. The molecule has 2 nitrogen and oxygen atoms in total. The first-order valence-electron chi connectivity index (χ1n) is 13.2. The van der Waals surface area contributed by atoms with Crippen LogP contribution in [0.15, 0.2) is 60.7 Å². The second-order valence-corrected chi connectivity index (χ2v) is 9.36. The zero-order valence-electron chi connectivity index (χ0n) is 21.7. The van der Waals surface area contributed by atoms with Crippen molar-refractivity contribution in [1.29, 1.82) is 0 Å². The Labute approximate surface area is 217 Å². The molecule has 3 aromatic rings. The first kappa shape index (κ1) is 28.5. The summed E-state index contributed by atoms with van der Waals surface area (Å²) in [6.07, 6.45) is 6.58. The molecule has 0 aliphatic carbocycles. The first-order valence-corrected chi connectivity index (χ1v) is 13.2. The maximum absolute atomic E-state index is 15.1. The molecule has 3 aromatic carbocycles. The summed E-state index contributed by atoms with van der Waals surface area (Å²) in [7, 11) is 0. The molecule has 0 spiro atoms. The molecule has 200 valence electrons. The molecular formula is C31H36F4O2. The minimum Gasteiger partial charge on any atom is -0.454 e. The van der Waals surface area contributed by atoms with E-state index in [0.29, 0.717) is 0 Å². The summed E-state index contributed by atoms with van der Waals surface area (Å²) in [5.41, 5.74) is 0.604. The molecule has 0 saturated carbocycles. The van der Waals surface area contributed by atoms with Gasteiger partial charge < -0.3 is 9.47 Å². The number of unbranched alkanes of at least 4 members (excludes halogenated alkanes) is 6. The van der Waals surface area contributed by atoms with E-state index in [1.807, 2.05) is 12.1 Å². The van der Waals surface area contributed by atoms with Crippen LogP contribution in [0.3, 0.4) is 0 Å². The topological polar surface area (TPSA) is 18.5 Å². The Kier molecular flexibility index (Phi) is 10.8. The fraction of sp³-hybridized carbons (Fsp3) is 0.419. The third kappa shape index (κ3) is 8.51. The van der Waals surface area contributed by atoms with E-state index < -0.39 is 29.1 Å². The van der Waals surface area contributed by atoms with Crippen LogP contribution < -0.4 is 9.47 Å². The predicted octanol–water partition coefficient (Wildman–Crippen LogP) is 10.1. The van der Waals surface area contributed by atoms with E-state index in [-0.39, 0.29) is 11.5 Å². The Balaban J connectivity index is 1.66. The molecule has 0 aliphatic rings. The predicted molar refractivity (Wildman–Crippen MR) is 140 cm³/mol. The van der Waals surface area contributed by atoms with Crippen LogP contribution in [-0.4, -0.2) is 0 Å². The Morgan fingerprint density at radius 1 is 0.622 bits per heavy atom. The lowest BCUT2D eigenvalue weighted by molar-refractivity contribution is -0.189. The van der Waals surface area contributed by atoms with Gasteiger partial charge in [-0.3, -0.25) is 0 Å². The summed E-state index contributed by atoms with van der Waals surface area (Å²) in [5, 5.41) is 0. The molecule has 0 fully saturated rings. The molecule has 0 aliphatic heterocycles. The molecule has 0 amide bonds. The third-order valence-corrected chi connectivity index (χ3v) is 6.31. The second-order valence-electron chi connectivity index (χ2n) is 9.36. The summed E-state index contributed by atoms with van der Waals surface area (Å²) in [4.78, 5) is 0. The Hall–Kier alpha value is -3.02.